The molecule has 0 bridgehead atoms. The number of para-hydroxylation sites is 1. The highest BCUT2D eigenvalue weighted by Crippen LogP contribution is 2.41. The maximum Gasteiger partial charge on any atom is 0.352 e. The molecule has 160 valence electrons. The first-order valence-corrected chi connectivity index (χ1v) is 11.4. The third-order valence-electron chi connectivity index (χ3n) is 4.91. The van der Waals surface area contributed by atoms with Gasteiger partial charge in [0.25, 0.3) is 5.91 Å². The van der Waals surface area contributed by atoms with E-state index in [1.54, 1.807) is 42.9 Å². The fourth-order valence-corrected chi connectivity index (χ4v) is 5.71. The Bertz CT molecular complexity index is 1060. The zero-order valence-corrected chi connectivity index (χ0v) is 17.9. The van der Waals surface area contributed by atoms with E-state index in [1.807, 2.05) is 0 Å². The Morgan fingerprint density at radius 2 is 2.13 bits per heavy atom. The summed E-state index contributed by atoms with van der Waals surface area (Å²) in [5, 5.41) is 12.7. The van der Waals surface area contributed by atoms with Gasteiger partial charge in [0.05, 0.1) is 12.6 Å². The highest BCUT2D eigenvalue weighted by atomic mass is 32.2. The Hall–Kier alpha value is -3.05. The number of benzene rings is 1. The number of aromatic nitrogens is 2. The third-order valence-corrected chi connectivity index (χ3v) is 7.25. The summed E-state index contributed by atoms with van der Waals surface area (Å²) in [5.74, 6) is -1.09. The molecule has 2 aliphatic heterocycles. The van der Waals surface area contributed by atoms with Gasteiger partial charge in [-0.1, -0.05) is 18.2 Å². The molecular formula is C20H19N5O4S2. The van der Waals surface area contributed by atoms with Crippen molar-refractivity contribution in [2.75, 3.05) is 17.2 Å². The van der Waals surface area contributed by atoms with Crippen LogP contribution in [0.3, 0.4) is 0 Å². The second-order valence-electron chi connectivity index (χ2n) is 6.92. The average Bonchev–Trinajstić information content (AvgIpc) is 2.77. The predicted molar refractivity (Wildman–Crippen MR) is 117 cm³/mol. The summed E-state index contributed by atoms with van der Waals surface area (Å²) in [6.45, 7) is 0. The molecule has 4 rings (SSSR count). The Morgan fingerprint density at radius 1 is 1.32 bits per heavy atom. The van der Waals surface area contributed by atoms with Crippen molar-refractivity contribution < 1.29 is 19.5 Å². The zero-order valence-electron chi connectivity index (χ0n) is 16.2. The minimum absolute atomic E-state index is 0.0112. The summed E-state index contributed by atoms with van der Waals surface area (Å²) >= 11 is 2.80. The number of carboxylic acid groups (broad SMARTS) is 1. The van der Waals surface area contributed by atoms with E-state index in [2.05, 4.69) is 15.3 Å². The number of nitrogens with one attached hydrogen (secondary N) is 1. The number of nitrogens with two attached hydrogens (primary N) is 1. The quantitative estimate of drug-likeness (QED) is 0.317. The molecule has 1 aromatic heterocycles. The number of nitrogens with zero attached hydrogens (tertiary/aromatic N) is 3. The molecule has 3 heterocycles. The molecule has 0 saturated carbocycles. The second kappa shape index (κ2) is 8.98. The Balaban J connectivity index is 1.44. The SMILES string of the molecule is Nc1ccccc1CC(=O)NC1C(=O)N2C(C(=O)O)=C(CSc3cnccn3)CS[C@@H]12. The molecule has 11 heteroatoms. The van der Waals surface area contributed by atoms with Gasteiger partial charge in [-0.25, -0.2) is 9.78 Å². The summed E-state index contributed by atoms with van der Waals surface area (Å²) in [7, 11) is 0. The van der Waals surface area contributed by atoms with Crippen molar-refractivity contribution in [2.45, 2.75) is 22.9 Å². The summed E-state index contributed by atoms with van der Waals surface area (Å²) in [6.07, 6.45) is 4.78. The Kier molecular flexibility index (Phi) is 6.14. The monoisotopic (exact) mass is 457 g/mol. The van der Waals surface area contributed by atoms with Gasteiger partial charge in [0.1, 0.15) is 22.1 Å². The van der Waals surface area contributed by atoms with Gasteiger partial charge in [-0.2, -0.15) is 0 Å². The lowest BCUT2D eigenvalue weighted by Gasteiger charge is -2.49. The van der Waals surface area contributed by atoms with Crippen molar-refractivity contribution in [1.29, 1.82) is 0 Å². The van der Waals surface area contributed by atoms with Crippen LogP contribution in [0.1, 0.15) is 5.56 Å². The number of carboxylic acids is 1. The van der Waals surface area contributed by atoms with E-state index in [-0.39, 0.29) is 18.0 Å². The van der Waals surface area contributed by atoms with E-state index < -0.39 is 23.3 Å². The average molecular weight is 458 g/mol. The van der Waals surface area contributed by atoms with Gasteiger partial charge in [0, 0.05) is 29.6 Å². The first-order chi connectivity index (χ1) is 15.0. The third kappa shape index (κ3) is 4.37. The van der Waals surface area contributed by atoms with Crippen molar-refractivity contribution in [3.63, 3.8) is 0 Å². The van der Waals surface area contributed by atoms with Gasteiger partial charge in [0.15, 0.2) is 0 Å². The summed E-state index contributed by atoms with van der Waals surface area (Å²) in [6, 6.07) is 6.27. The number of fused-ring (bicyclic) bond motifs is 1. The molecule has 1 fully saturated rings. The number of amides is 2. The highest BCUT2D eigenvalue weighted by Gasteiger charge is 2.54. The summed E-state index contributed by atoms with van der Waals surface area (Å²) < 4.78 is 0. The minimum atomic E-state index is -1.16. The minimum Gasteiger partial charge on any atom is -0.477 e. The van der Waals surface area contributed by atoms with Crippen LogP contribution in [-0.2, 0) is 20.8 Å². The molecule has 2 aromatic rings. The van der Waals surface area contributed by atoms with Crippen LogP contribution >= 0.6 is 23.5 Å². The topological polar surface area (TPSA) is 139 Å². The van der Waals surface area contributed by atoms with Gasteiger partial charge in [-0.3, -0.25) is 19.5 Å². The molecule has 1 saturated heterocycles. The molecule has 1 aromatic carbocycles. The lowest BCUT2D eigenvalue weighted by molar-refractivity contribution is -0.150. The molecule has 0 radical (unpaired) electrons. The molecule has 2 amide bonds. The molecule has 31 heavy (non-hydrogen) atoms. The van der Waals surface area contributed by atoms with Crippen molar-refractivity contribution in [3.05, 3.63) is 59.7 Å². The van der Waals surface area contributed by atoms with Crippen molar-refractivity contribution >= 4 is 47.0 Å². The van der Waals surface area contributed by atoms with Crippen molar-refractivity contribution in [2.24, 2.45) is 0 Å². The normalized spacial score (nSPS) is 20.1. The first kappa shape index (κ1) is 21.2. The number of aliphatic carboxylic acids is 1. The van der Waals surface area contributed by atoms with Crippen molar-refractivity contribution in [1.82, 2.24) is 20.2 Å². The van der Waals surface area contributed by atoms with Gasteiger partial charge < -0.3 is 16.2 Å². The lowest BCUT2D eigenvalue weighted by Crippen LogP contribution is -2.70. The van der Waals surface area contributed by atoms with Crippen molar-refractivity contribution in [3.8, 4) is 0 Å². The molecular weight excluding hydrogens is 438 g/mol. The van der Waals surface area contributed by atoms with E-state index >= 15 is 0 Å². The van der Waals surface area contributed by atoms with Crippen LogP contribution in [0.25, 0.3) is 0 Å². The number of hydrogen-bond acceptors (Lipinski definition) is 8. The van der Waals surface area contributed by atoms with Crippen LogP contribution < -0.4 is 11.1 Å². The van der Waals surface area contributed by atoms with Gasteiger partial charge >= 0.3 is 5.97 Å². The summed E-state index contributed by atoms with van der Waals surface area (Å²) in [5.41, 5.74) is 7.69. The number of nitrogen functional groups attached to an aromatic ring is 1. The maximum absolute atomic E-state index is 12.7. The Labute approximate surface area is 186 Å². The smallest absolute Gasteiger partial charge is 0.352 e. The number of carbonyl (C=O) groups excluding carboxylic acids is 2. The number of hydrogen-bond donors (Lipinski definition) is 3. The van der Waals surface area contributed by atoms with Crippen LogP contribution in [-0.4, -0.2) is 60.7 Å². The molecule has 2 aliphatic rings. The van der Waals surface area contributed by atoms with Crippen LogP contribution in [0, 0.1) is 0 Å². The zero-order chi connectivity index (χ0) is 22.0. The summed E-state index contributed by atoms with van der Waals surface area (Å²) in [4.78, 5) is 46.5. The van der Waals surface area contributed by atoms with Gasteiger partial charge in [-0.15, -0.1) is 23.5 Å². The van der Waals surface area contributed by atoms with Crippen LogP contribution in [0.5, 0.6) is 0 Å². The molecule has 1 unspecified atom stereocenters. The number of rotatable bonds is 7. The molecule has 9 nitrogen and oxygen atoms in total. The Morgan fingerprint density at radius 3 is 2.84 bits per heavy atom. The molecule has 2 atom stereocenters. The van der Waals surface area contributed by atoms with E-state index in [0.717, 1.165) is 0 Å². The van der Waals surface area contributed by atoms with Gasteiger partial charge in [-0.05, 0) is 17.2 Å². The largest absolute Gasteiger partial charge is 0.477 e. The molecule has 4 N–H and O–H groups in total. The maximum atomic E-state index is 12.7. The van der Waals surface area contributed by atoms with Crippen LogP contribution in [0.2, 0.25) is 0 Å². The first-order valence-electron chi connectivity index (χ1n) is 9.37. The number of anilines is 1. The van der Waals surface area contributed by atoms with E-state index in [1.165, 1.54) is 28.4 Å². The second-order valence-corrected chi connectivity index (χ2v) is 9.02. The van der Waals surface area contributed by atoms with Gasteiger partial charge in [0.2, 0.25) is 5.91 Å². The number of carbonyl (C=O) groups is 3. The van der Waals surface area contributed by atoms with E-state index in [9.17, 15) is 19.5 Å². The predicted octanol–water partition coefficient (Wildman–Crippen LogP) is 1.13. The van der Waals surface area contributed by atoms with E-state index in [4.69, 9.17) is 5.73 Å². The standard InChI is InChI=1S/C20H19N5O4S2/c21-13-4-2-1-3-11(13)7-14(26)24-16-18(27)25-17(20(28)29)12(10-31-19(16)25)9-30-15-8-22-5-6-23-15/h1-6,8,16,19H,7,9-10,21H2,(H,24,26)(H,28,29)/t16?,19-/m0/s1. The highest BCUT2D eigenvalue weighted by molar-refractivity contribution is 8.01. The number of thioether (sulfide) groups is 2. The van der Waals surface area contributed by atoms with Crippen LogP contribution in [0.4, 0.5) is 5.69 Å². The fraction of sp³-hybridized carbons (Fsp3) is 0.250. The fourth-order valence-electron chi connectivity index (χ4n) is 3.41. The number of β-lactam (4-membered cyclic amide) rings is 1. The van der Waals surface area contributed by atoms with E-state index in [0.29, 0.717) is 33.4 Å². The molecule has 0 aliphatic carbocycles. The van der Waals surface area contributed by atoms with Crippen LogP contribution in [0.15, 0.2) is 59.2 Å². The lowest BCUT2D eigenvalue weighted by atomic mass is 10.0. The molecule has 0 spiro atoms.